The van der Waals surface area contributed by atoms with Crippen LogP contribution in [0.2, 0.25) is 0 Å². The van der Waals surface area contributed by atoms with Crippen molar-refractivity contribution in [2.24, 2.45) is 0 Å². The molecule has 2 aliphatic heterocycles. The molecule has 0 radical (unpaired) electrons. The van der Waals surface area contributed by atoms with Gasteiger partial charge in [-0.15, -0.1) is 5.10 Å². The van der Waals surface area contributed by atoms with Crippen LogP contribution in [0.25, 0.3) is 44.0 Å². The van der Waals surface area contributed by atoms with Gasteiger partial charge in [0, 0.05) is 47.2 Å². The molecule has 2 fully saturated rings. The number of likely N-dealkylation sites (N-methyl/N-ethyl adjacent to an activating group) is 1. The lowest BCUT2D eigenvalue weighted by molar-refractivity contribution is -0.137. The van der Waals surface area contributed by atoms with E-state index in [1.807, 2.05) is 14.0 Å². The Morgan fingerprint density at radius 1 is 1.06 bits per heavy atom. The van der Waals surface area contributed by atoms with E-state index in [1.165, 1.54) is 29.1 Å². The van der Waals surface area contributed by atoms with Crippen molar-refractivity contribution < 1.29 is 31.5 Å². The van der Waals surface area contributed by atoms with Gasteiger partial charge in [-0.1, -0.05) is 11.8 Å². The predicted molar refractivity (Wildman–Crippen MR) is 169 cm³/mol. The van der Waals surface area contributed by atoms with E-state index in [0.717, 1.165) is 37.6 Å². The fourth-order valence-corrected chi connectivity index (χ4v) is 7.18. The van der Waals surface area contributed by atoms with E-state index in [4.69, 9.17) is 4.74 Å². The lowest BCUT2D eigenvalue weighted by Gasteiger charge is -2.31. The Morgan fingerprint density at radius 2 is 1.83 bits per heavy atom. The number of nitrogens with zero attached hydrogens (tertiary/aromatic N) is 7. The van der Waals surface area contributed by atoms with Crippen LogP contribution < -0.4 is 4.74 Å². The third kappa shape index (κ3) is 5.31. The average molecular weight is 666 g/mol. The van der Waals surface area contributed by atoms with Crippen molar-refractivity contribution in [1.82, 2.24) is 34.8 Å². The van der Waals surface area contributed by atoms with Crippen molar-refractivity contribution in [2.75, 3.05) is 26.7 Å². The van der Waals surface area contributed by atoms with E-state index in [0.29, 0.717) is 25.9 Å². The second kappa shape index (κ2) is 12.1. The normalized spacial score (nSPS) is 18.6. The van der Waals surface area contributed by atoms with Gasteiger partial charge in [0.05, 0.1) is 17.1 Å². The number of carbonyl (C=O) groups is 1. The predicted octanol–water partition coefficient (Wildman–Crippen LogP) is 6.70. The summed E-state index contributed by atoms with van der Waals surface area (Å²) in [6.07, 6.45) is -0.190. The van der Waals surface area contributed by atoms with Gasteiger partial charge >= 0.3 is 6.18 Å². The number of piperidine rings is 1. The number of halogens is 5. The van der Waals surface area contributed by atoms with Gasteiger partial charge in [-0.05, 0) is 82.6 Å². The number of hydrogen-bond donors (Lipinski definition) is 0. The molecular formula is C34H32F5N7O2. The molecule has 0 saturated carbocycles. The first kappa shape index (κ1) is 31.9. The summed E-state index contributed by atoms with van der Waals surface area (Å²) in [7, 11) is 1.98. The van der Waals surface area contributed by atoms with E-state index in [9.17, 15) is 22.4 Å². The smallest absolute Gasteiger partial charge is 0.417 e. The molecule has 0 unspecified atom stereocenters. The molecule has 1 amide bonds. The van der Waals surface area contributed by atoms with Gasteiger partial charge in [-0.3, -0.25) is 14.7 Å². The molecular weight excluding hydrogens is 633 g/mol. The Kier molecular flexibility index (Phi) is 8.01. The van der Waals surface area contributed by atoms with Crippen LogP contribution in [0.4, 0.5) is 22.0 Å². The lowest BCUT2D eigenvalue weighted by Crippen LogP contribution is -2.38. The highest BCUT2D eigenvalue weighted by molar-refractivity contribution is 6.07. The molecule has 2 aliphatic rings. The van der Waals surface area contributed by atoms with Crippen molar-refractivity contribution in [3.05, 3.63) is 66.4 Å². The summed E-state index contributed by atoms with van der Waals surface area (Å²) in [4.78, 5) is 24.6. The first-order valence-electron chi connectivity index (χ1n) is 15.8. The standard InChI is InChI=1S/C34H32F5N7O2/c1-4-26(47)45-15-11-19(12-16-45)46-32-22-17-23(34(37,38)39)27(21-9-10-24(35)20-7-5-13-40-29(20)21)28(36)30(22)41-33(31(32)42-43-46)48-18(2)25-8-6-14-44(25)3/h4-5,7,9-10,13,17-19,25H,1,6,8,11-12,14-16H2,2-3H3/t18-,25-/m0/s1. The fourth-order valence-electron chi connectivity index (χ4n) is 7.18. The van der Waals surface area contributed by atoms with Crippen LogP contribution in [0.3, 0.4) is 0 Å². The van der Waals surface area contributed by atoms with Crippen LogP contribution in [0.1, 0.15) is 44.2 Å². The quantitative estimate of drug-likeness (QED) is 0.147. The molecule has 9 nitrogen and oxygen atoms in total. The van der Waals surface area contributed by atoms with Crippen molar-refractivity contribution in [3.8, 4) is 17.0 Å². The summed E-state index contributed by atoms with van der Waals surface area (Å²) in [6.45, 7) is 7.01. The third-order valence-corrected chi connectivity index (χ3v) is 9.61. The van der Waals surface area contributed by atoms with Crippen LogP contribution in [0.15, 0.2) is 49.2 Å². The Labute approximate surface area is 272 Å². The molecule has 250 valence electrons. The van der Waals surface area contributed by atoms with Gasteiger partial charge in [-0.2, -0.15) is 13.2 Å². The summed E-state index contributed by atoms with van der Waals surface area (Å²) in [5.74, 6) is -2.23. The average Bonchev–Trinajstić information content (AvgIpc) is 3.72. The largest absolute Gasteiger partial charge is 0.471 e. The van der Waals surface area contributed by atoms with Gasteiger partial charge in [0.25, 0.3) is 0 Å². The van der Waals surface area contributed by atoms with Gasteiger partial charge in [0.15, 0.2) is 11.3 Å². The molecule has 0 aliphatic carbocycles. The second-order valence-electron chi connectivity index (χ2n) is 12.4. The van der Waals surface area contributed by atoms with E-state index in [1.54, 1.807) is 4.90 Å². The highest BCUT2D eigenvalue weighted by Gasteiger charge is 2.39. The third-order valence-electron chi connectivity index (χ3n) is 9.61. The summed E-state index contributed by atoms with van der Waals surface area (Å²) < 4.78 is 84.3. The summed E-state index contributed by atoms with van der Waals surface area (Å²) in [5.41, 5.74) is -2.54. The van der Waals surface area contributed by atoms with Crippen molar-refractivity contribution in [2.45, 2.75) is 57.0 Å². The minimum atomic E-state index is -5.02. The van der Waals surface area contributed by atoms with Gasteiger partial charge < -0.3 is 9.64 Å². The molecule has 5 heterocycles. The van der Waals surface area contributed by atoms with Gasteiger partial charge in [-0.25, -0.2) is 18.4 Å². The number of aromatic nitrogens is 5. The van der Waals surface area contributed by atoms with Crippen molar-refractivity contribution in [1.29, 1.82) is 0 Å². The molecule has 48 heavy (non-hydrogen) atoms. The van der Waals surface area contributed by atoms with E-state index < -0.39 is 35.0 Å². The van der Waals surface area contributed by atoms with Gasteiger partial charge in [0.1, 0.15) is 23.0 Å². The van der Waals surface area contributed by atoms with E-state index in [-0.39, 0.29) is 62.3 Å². The molecule has 2 aromatic carbocycles. The topological polar surface area (TPSA) is 89.3 Å². The molecule has 2 atom stereocenters. The van der Waals surface area contributed by atoms with Crippen LogP contribution in [0.5, 0.6) is 5.88 Å². The molecule has 3 aromatic heterocycles. The van der Waals surface area contributed by atoms with Crippen molar-refractivity contribution >= 4 is 38.7 Å². The second-order valence-corrected chi connectivity index (χ2v) is 12.4. The minimum Gasteiger partial charge on any atom is -0.471 e. The number of carbonyl (C=O) groups excluding carboxylic acids is 1. The molecule has 7 rings (SSSR count). The number of hydrogen-bond acceptors (Lipinski definition) is 7. The number of fused-ring (bicyclic) bond motifs is 4. The Bertz CT molecular complexity index is 2070. The molecule has 14 heteroatoms. The molecule has 0 spiro atoms. The first-order valence-corrected chi connectivity index (χ1v) is 15.8. The summed E-state index contributed by atoms with van der Waals surface area (Å²) in [5, 5.41) is 8.48. The number of alkyl halides is 3. The zero-order valence-electron chi connectivity index (χ0n) is 26.3. The fraction of sp³-hybridized carbons (Fsp3) is 0.382. The van der Waals surface area contributed by atoms with Crippen LogP contribution >= 0.6 is 0 Å². The number of benzene rings is 2. The maximum absolute atomic E-state index is 17.0. The van der Waals surface area contributed by atoms with E-state index in [2.05, 4.69) is 31.8 Å². The molecule has 0 bridgehead atoms. The molecule has 0 N–H and O–H groups in total. The SMILES string of the molecule is C=CC(=O)N1CCC(n2nnc3c(O[C@@H](C)[C@@H]4CCCN4C)nc4c(F)c(-c5ccc(F)c6cccnc56)c(C(F)(F)F)cc4c32)CC1. The zero-order valence-corrected chi connectivity index (χ0v) is 26.3. The van der Waals surface area contributed by atoms with Crippen LogP contribution in [0, 0.1) is 11.6 Å². The lowest BCUT2D eigenvalue weighted by atomic mass is 9.93. The number of pyridine rings is 2. The first-order chi connectivity index (χ1) is 23.0. The monoisotopic (exact) mass is 665 g/mol. The Morgan fingerprint density at radius 3 is 2.52 bits per heavy atom. The van der Waals surface area contributed by atoms with Crippen LogP contribution in [-0.4, -0.2) is 79.5 Å². The van der Waals surface area contributed by atoms with Crippen molar-refractivity contribution in [3.63, 3.8) is 0 Å². The Hall–Kier alpha value is -4.72. The number of ether oxygens (including phenoxy) is 1. The van der Waals surface area contributed by atoms with Crippen LogP contribution in [-0.2, 0) is 11.0 Å². The minimum absolute atomic E-state index is 0.0315. The highest BCUT2D eigenvalue weighted by atomic mass is 19.4. The number of amides is 1. The number of likely N-dealkylation sites (tertiary alicyclic amines) is 2. The van der Waals surface area contributed by atoms with E-state index >= 15 is 4.39 Å². The molecule has 2 saturated heterocycles. The summed E-state index contributed by atoms with van der Waals surface area (Å²) >= 11 is 0. The zero-order chi connectivity index (χ0) is 33.9. The summed E-state index contributed by atoms with van der Waals surface area (Å²) in [6, 6.07) is 5.45. The number of rotatable bonds is 6. The van der Waals surface area contributed by atoms with Gasteiger partial charge in [0.2, 0.25) is 11.8 Å². The Balaban J connectivity index is 1.48. The highest BCUT2D eigenvalue weighted by Crippen LogP contribution is 2.46. The maximum Gasteiger partial charge on any atom is 0.417 e. The maximum atomic E-state index is 17.0. The molecule has 5 aromatic rings.